The van der Waals surface area contributed by atoms with Crippen LogP contribution in [-0.4, -0.2) is 49.1 Å². The van der Waals surface area contributed by atoms with Crippen molar-refractivity contribution in [2.24, 2.45) is 0 Å². The third-order valence-electron chi connectivity index (χ3n) is 5.01. The number of halogens is 2. The van der Waals surface area contributed by atoms with Crippen LogP contribution in [0.25, 0.3) is 11.0 Å². The van der Waals surface area contributed by atoms with Crippen LogP contribution in [0.4, 0.5) is 14.6 Å². The Labute approximate surface area is 172 Å². The number of aryl methyl sites for hydroxylation is 1. The molecule has 0 bridgehead atoms. The van der Waals surface area contributed by atoms with Crippen LogP contribution in [0.15, 0.2) is 41.6 Å². The minimum Gasteiger partial charge on any atom is -0.435 e. The third-order valence-corrected chi connectivity index (χ3v) is 6.55. The fourth-order valence-electron chi connectivity index (χ4n) is 3.61. The van der Waals surface area contributed by atoms with Crippen LogP contribution in [-0.2, 0) is 10.0 Å². The zero-order chi connectivity index (χ0) is 21.3. The van der Waals surface area contributed by atoms with Crippen LogP contribution in [0, 0.1) is 6.92 Å². The molecule has 0 spiro atoms. The van der Waals surface area contributed by atoms with Crippen molar-refractivity contribution >= 4 is 26.9 Å². The standard InChI is InChI=1S/C19H21F2N5O3S/c1-12-10-16-17(24-12)22-11-23-18(16)26-8-6-13(7-9-26)25-30(27,28)15-4-2-14(3-5-15)29-19(20)21/h2-5,10-11,13,19,25H,6-9H2,1H3,(H,22,23,24). The Hall–Kier alpha value is -2.79. The van der Waals surface area contributed by atoms with Crippen molar-refractivity contribution in [2.45, 2.75) is 37.3 Å². The van der Waals surface area contributed by atoms with E-state index in [1.54, 1.807) is 0 Å². The summed E-state index contributed by atoms with van der Waals surface area (Å²) in [6, 6.07) is 6.70. The van der Waals surface area contributed by atoms with E-state index in [9.17, 15) is 17.2 Å². The number of hydrogen-bond donors (Lipinski definition) is 2. The Morgan fingerprint density at radius 1 is 1.20 bits per heavy atom. The summed E-state index contributed by atoms with van der Waals surface area (Å²) < 4.78 is 56.7. The molecule has 0 saturated carbocycles. The van der Waals surface area contributed by atoms with Crippen molar-refractivity contribution in [2.75, 3.05) is 18.0 Å². The molecule has 0 radical (unpaired) electrons. The van der Waals surface area contributed by atoms with Gasteiger partial charge in [-0.2, -0.15) is 8.78 Å². The number of ether oxygens (including phenoxy) is 1. The SMILES string of the molecule is Cc1cc2c(N3CCC(NS(=O)(=O)c4ccc(OC(F)F)cc4)CC3)ncnc2[nH]1. The average Bonchev–Trinajstić information content (AvgIpc) is 3.08. The lowest BCUT2D eigenvalue weighted by Crippen LogP contribution is -2.44. The van der Waals surface area contributed by atoms with Crippen LogP contribution in [0.5, 0.6) is 5.75 Å². The summed E-state index contributed by atoms with van der Waals surface area (Å²) in [5.74, 6) is 0.744. The number of sulfonamides is 1. The second-order valence-corrected chi connectivity index (χ2v) is 8.86. The van der Waals surface area contributed by atoms with Gasteiger partial charge in [0.15, 0.2) is 0 Å². The summed E-state index contributed by atoms with van der Waals surface area (Å²) in [4.78, 5) is 14.0. The molecular formula is C19H21F2N5O3S. The number of anilines is 1. The molecule has 2 aromatic heterocycles. The maximum absolute atomic E-state index is 12.6. The molecule has 0 aliphatic carbocycles. The van der Waals surface area contributed by atoms with Gasteiger partial charge in [0, 0.05) is 24.8 Å². The van der Waals surface area contributed by atoms with Gasteiger partial charge in [0.1, 0.15) is 23.5 Å². The Balaban J connectivity index is 1.40. The Kier molecular flexibility index (Phi) is 5.56. The van der Waals surface area contributed by atoms with E-state index in [1.807, 2.05) is 13.0 Å². The van der Waals surface area contributed by atoms with Gasteiger partial charge >= 0.3 is 6.61 Å². The maximum atomic E-state index is 12.6. The molecule has 4 rings (SSSR count). The number of nitrogens with zero attached hydrogens (tertiary/aromatic N) is 3. The van der Waals surface area contributed by atoms with Gasteiger partial charge in [0.05, 0.1) is 10.3 Å². The molecule has 8 nitrogen and oxygen atoms in total. The number of benzene rings is 1. The first-order chi connectivity index (χ1) is 14.3. The van der Waals surface area contributed by atoms with Crippen molar-refractivity contribution in [3.8, 4) is 5.75 Å². The first-order valence-corrected chi connectivity index (χ1v) is 10.9. The molecule has 30 heavy (non-hydrogen) atoms. The van der Waals surface area contributed by atoms with Crippen molar-refractivity contribution in [3.63, 3.8) is 0 Å². The minimum atomic E-state index is -3.76. The van der Waals surface area contributed by atoms with Crippen molar-refractivity contribution in [1.82, 2.24) is 19.7 Å². The number of H-pyrrole nitrogens is 1. The number of fused-ring (bicyclic) bond motifs is 1. The third kappa shape index (κ3) is 4.36. The highest BCUT2D eigenvalue weighted by Gasteiger charge is 2.26. The van der Waals surface area contributed by atoms with Crippen molar-refractivity contribution in [1.29, 1.82) is 0 Å². The highest BCUT2D eigenvalue weighted by molar-refractivity contribution is 7.89. The summed E-state index contributed by atoms with van der Waals surface area (Å²) in [6.45, 7) is 0.288. The quantitative estimate of drug-likeness (QED) is 0.615. The molecule has 3 aromatic rings. The van der Waals surface area contributed by atoms with E-state index in [0.717, 1.165) is 22.5 Å². The first kappa shape index (κ1) is 20.5. The summed E-state index contributed by atoms with van der Waals surface area (Å²) >= 11 is 0. The van der Waals surface area contributed by atoms with E-state index in [-0.39, 0.29) is 16.7 Å². The van der Waals surface area contributed by atoms with E-state index in [4.69, 9.17) is 0 Å². The fraction of sp³-hybridized carbons (Fsp3) is 0.368. The second-order valence-electron chi connectivity index (χ2n) is 7.14. The molecule has 1 aliphatic heterocycles. The fourth-order valence-corrected chi connectivity index (χ4v) is 4.91. The van der Waals surface area contributed by atoms with Crippen LogP contribution in [0.2, 0.25) is 0 Å². The smallest absolute Gasteiger partial charge is 0.387 e. The van der Waals surface area contributed by atoms with Crippen LogP contribution in [0.1, 0.15) is 18.5 Å². The highest BCUT2D eigenvalue weighted by Crippen LogP contribution is 2.27. The molecule has 1 aliphatic rings. The van der Waals surface area contributed by atoms with E-state index in [2.05, 4.69) is 29.3 Å². The Bertz CT molecular complexity index is 1130. The van der Waals surface area contributed by atoms with Crippen LogP contribution in [0.3, 0.4) is 0 Å². The largest absolute Gasteiger partial charge is 0.435 e. The molecule has 3 heterocycles. The Morgan fingerprint density at radius 3 is 2.57 bits per heavy atom. The minimum absolute atomic E-state index is 0.00635. The number of hydrogen-bond acceptors (Lipinski definition) is 6. The topological polar surface area (TPSA) is 100 Å². The van der Waals surface area contributed by atoms with E-state index in [1.165, 1.54) is 30.6 Å². The van der Waals surface area contributed by atoms with E-state index in [0.29, 0.717) is 25.9 Å². The zero-order valence-corrected chi connectivity index (χ0v) is 17.0. The number of nitrogens with one attached hydrogen (secondary N) is 2. The van der Waals surface area contributed by atoms with Crippen LogP contribution < -0.4 is 14.4 Å². The predicted octanol–water partition coefficient (Wildman–Crippen LogP) is 2.82. The number of alkyl halides is 2. The summed E-state index contributed by atoms with van der Waals surface area (Å²) in [6.07, 6.45) is 2.74. The van der Waals surface area contributed by atoms with Gasteiger partial charge in [-0.3, -0.25) is 0 Å². The summed E-state index contributed by atoms with van der Waals surface area (Å²) in [7, 11) is -3.76. The molecule has 160 valence electrons. The van der Waals surface area contributed by atoms with E-state index >= 15 is 0 Å². The van der Waals surface area contributed by atoms with Gasteiger partial charge in [-0.25, -0.2) is 23.1 Å². The first-order valence-electron chi connectivity index (χ1n) is 9.44. The molecule has 0 unspecified atom stereocenters. The molecule has 2 N–H and O–H groups in total. The maximum Gasteiger partial charge on any atom is 0.387 e. The molecule has 11 heteroatoms. The lowest BCUT2D eigenvalue weighted by atomic mass is 10.1. The lowest BCUT2D eigenvalue weighted by molar-refractivity contribution is -0.0498. The molecule has 1 saturated heterocycles. The zero-order valence-electron chi connectivity index (χ0n) is 16.2. The van der Waals surface area contributed by atoms with Gasteiger partial charge in [0.25, 0.3) is 0 Å². The number of piperidine rings is 1. The number of aromatic nitrogens is 3. The van der Waals surface area contributed by atoms with Gasteiger partial charge in [-0.15, -0.1) is 0 Å². The van der Waals surface area contributed by atoms with Gasteiger partial charge in [0.2, 0.25) is 10.0 Å². The van der Waals surface area contributed by atoms with Gasteiger partial charge < -0.3 is 14.6 Å². The highest BCUT2D eigenvalue weighted by atomic mass is 32.2. The molecular weight excluding hydrogens is 416 g/mol. The van der Waals surface area contributed by atoms with Crippen molar-refractivity contribution < 1.29 is 21.9 Å². The molecule has 1 aromatic carbocycles. The van der Waals surface area contributed by atoms with Gasteiger partial charge in [-0.1, -0.05) is 0 Å². The molecule has 0 amide bonds. The number of rotatable bonds is 6. The normalized spacial score (nSPS) is 15.8. The summed E-state index contributed by atoms with van der Waals surface area (Å²) in [5, 5.41) is 0.945. The summed E-state index contributed by atoms with van der Waals surface area (Å²) in [5.41, 5.74) is 1.78. The molecule has 1 fully saturated rings. The molecule has 0 atom stereocenters. The lowest BCUT2D eigenvalue weighted by Gasteiger charge is -2.33. The van der Waals surface area contributed by atoms with Gasteiger partial charge in [-0.05, 0) is 50.1 Å². The van der Waals surface area contributed by atoms with E-state index < -0.39 is 16.6 Å². The Morgan fingerprint density at radius 2 is 1.90 bits per heavy atom. The second kappa shape index (κ2) is 8.15. The monoisotopic (exact) mass is 437 g/mol. The van der Waals surface area contributed by atoms with Crippen LogP contribution >= 0.6 is 0 Å². The predicted molar refractivity (Wildman–Crippen MR) is 107 cm³/mol. The number of aromatic amines is 1. The average molecular weight is 437 g/mol. The van der Waals surface area contributed by atoms with Crippen molar-refractivity contribution in [3.05, 3.63) is 42.4 Å².